The van der Waals surface area contributed by atoms with Gasteiger partial charge in [0.2, 0.25) is 0 Å². The number of methoxy groups -OCH3 is 1. The molecule has 8 aromatic carbocycles. The smallest absolute Gasteiger partial charge is 0.118 e. The molecule has 8 aromatic rings. The van der Waals surface area contributed by atoms with E-state index in [1.807, 2.05) is 12.1 Å². The summed E-state index contributed by atoms with van der Waals surface area (Å²) in [6.45, 7) is 0. The molecule has 0 fully saturated rings. The number of nitrogens with zero attached hydrogens (tertiary/aromatic N) is 3. The fourth-order valence-corrected chi connectivity index (χ4v) is 6.74. The van der Waals surface area contributed by atoms with Crippen LogP contribution in [0.2, 0.25) is 0 Å². The molecule has 8 rings (SSSR count). The Labute approximate surface area is 312 Å². The van der Waals surface area contributed by atoms with Crippen LogP contribution < -0.4 is 19.4 Å². The van der Waals surface area contributed by atoms with Crippen molar-refractivity contribution in [2.75, 3.05) is 21.8 Å². The molecule has 53 heavy (non-hydrogen) atoms. The van der Waals surface area contributed by atoms with Crippen molar-refractivity contribution in [3.05, 3.63) is 218 Å². The molecule has 0 aromatic heterocycles. The standard InChI is InChI=1S/C49H39N3O/c1-53-49-36-24-39(25-37-49)38-22-26-44(27-23-38)52(47-32-28-45(29-33-47)50(40-14-6-2-7-15-40)41-16-8-3-9-17-41)48-34-30-46(31-35-48)51(42-18-10-4-11-19-42)43-20-12-5-13-21-43/h2-37H,1H3. The summed E-state index contributed by atoms with van der Waals surface area (Å²) in [5, 5.41) is 0. The highest BCUT2D eigenvalue weighted by molar-refractivity contribution is 5.84. The van der Waals surface area contributed by atoms with Crippen molar-refractivity contribution in [1.82, 2.24) is 0 Å². The van der Waals surface area contributed by atoms with Gasteiger partial charge in [0.25, 0.3) is 0 Å². The van der Waals surface area contributed by atoms with E-state index in [-0.39, 0.29) is 0 Å². The summed E-state index contributed by atoms with van der Waals surface area (Å²) in [4.78, 5) is 6.89. The molecule has 0 aliphatic heterocycles. The summed E-state index contributed by atoms with van der Waals surface area (Å²) in [7, 11) is 1.69. The van der Waals surface area contributed by atoms with Crippen LogP contribution in [0.5, 0.6) is 5.75 Å². The highest BCUT2D eigenvalue weighted by atomic mass is 16.5. The Hall–Kier alpha value is -7.04. The van der Waals surface area contributed by atoms with Gasteiger partial charge in [-0.25, -0.2) is 0 Å². The Morgan fingerprint density at radius 3 is 0.698 bits per heavy atom. The van der Waals surface area contributed by atoms with Crippen molar-refractivity contribution in [2.45, 2.75) is 0 Å². The second kappa shape index (κ2) is 15.5. The molecule has 4 nitrogen and oxygen atoms in total. The zero-order valence-electron chi connectivity index (χ0n) is 29.5. The van der Waals surface area contributed by atoms with Crippen LogP contribution in [0.1, 0.15) is 0 Å². The third kappa shape index (κ3) is 7.25. The van der Waals surface area contributed by atoms with Crippen LogP contribution >= 0.6 is 0 Å². The van der Waals surface area contributed by atoms with Gasteiger partial charge in [-0.05, 0) is 132 Å². The normalized spacial score (nSPS) is 10.7. The molecule has 0 saturated carbocycles. The maximum Gasteiger partial charge on any atom is 0.118 e. The van der Waals surface area contributed by atoms with E-state index in [1.165, 1.54) is 0 Å². The number of ether oxygens (including phenoxy) is 1. The largest absolute Gasteiger partial charge is 0.497 e. The van der Waals surface area contributed by atoms with Crippen LogP contribution in [-0.2, 0) is 0 Å². The summed E-state index contributed by atoms with van der Waals surface area (Å²) in [5.74, 6) is 0.847. The molecule has 4 heteroatoms. The van der Waals surface area contributed by atoms with Gasteiger partial charge in [-0.1, -0.05) is 97.1 Å². The van der Waals surface area contributed by atoms with Crippen LogP contribution in [0.4, 0.5) is 51.2 Å². The van der Waals surface area contributed by atoms with E-state index < -0.39 is 0 Å². The predicted molar refractivity (Wildman–Crippen MR) is 222 cm³/mol. The summed E-state index contributed by atoms with van der Waals surface area (Å²) in [5.41, 5.74) is 12.0. The van der Waals surface area contributed by atoms with E-state index in [2.05, 4.69) is 221 Å². The van der Waals surface area contributed by atoms with Crippen molar-refractivity contribution in [1.29, 1.82) is 0 Å². The third-order valence-electron chi connectivity index (χ3n) is 9.34. The molecular formula is C49H39N3O. The van der Waals surface area contributed by atoms with Crippen LogP contribution in [0.3, 0.4) is 0 Å². The van der Waals surface area contributed by atoms with E-state index in [4.69, 9.17) is 4.74 Å². The van der Waals surface area contributed by atoms with E-state index in [0.29, 0.717) is 0 Å². The van der Waals surface area contributed by atoms with Gasteiger partial charge in [0.05, 0.1) is 7.11 Å². The Kier molecular flexibility index (Phi) is 9.66. The van der Waals surface area contributed by atoms with Crippen LogP contribution in [0.25, 0.3) is 11.1 Å². The Bertz CT molecular complexity index is 2120. The zero-order chi connectivity index (χ0) is 35.8. The molecule has 0 amide bonds. The Morgan fingerprint density at radius 2 is 0.453 bits per heavy atom. The van der Waals surface area contributed by atoms with Crippen LogP contribution in [0, 0.1) is 0 Å². The lowest BCUT2D eigenvalue weighted by molar-refractivity contribution is 0.415. The number of para-hydroxylation sites is 4. The highest BCUT2D eigenvalue weighted by Gasteiger charge is 2.18. The Balaban J connectivity index is 1.19. The molecule has 0 spiro atoms. The lowest BCUT2D eigenvalue weighted by Gasteiger charge is -2.29. The van der Waals surface area contributed by atoms with Gasteiger partial charge in [0.15, 0.2) is 0 Å². The average Bonchev–Trinajstić information content (AvgIpc) is 3.24. The molecule has 0 bridgehead atoms. The maximum absolute atomic E-state index is 5.39. The molecule has 256 valence electrons. The van der Waals surface area contributed by atoms with E-state index >= 15 is 0 Å². The van der Waals surface area contributed by atoms with Gasteiger partial charge in [-0.3, -0.25) is 0 Å². The SMILES string of the molecule is COc1ccc(-c2ccc(N(c3ccc(N(c4ccccc4)c4ccccc4)cc3)c3ccc(N(c4ccccc4)c4ccccc4)cc3)cc2)cc1. The minimum absolute atomic E-state index is 0.847. The second-order valence-electron chi connectivity index (χ2n) is 12.7. The number of anilines is 9. The second-order valence-corrected chi connectivity index (χ2v) is 12.7. The number of rotatable bonds is 11. The number of hydrogen-bond acceptors (Lipinski definition) is 4. The fourth-order valence-electron chi connectivity index (χ4n) is 6.74. The summed E-state index contributed by atoms with van der Waals surface area (Å²) < 4.78 is 5.39. The summed E-state index contributed by atoms with van der Waals surface area (Å²) >= 11 is 0. The van der Waals surface area contributed by atoms with Crippen molar-refractivity contribution < 1.29 is 4.74 Å². The first-order valence-corrected chi connectivity index (χ1v) is 17.8. The molecule has 0 saturated heterocycles. The molecule has 0 atom stereocenters. The Morgan fingerprint density at radius 1 is 0.245 bits per heavy atom. The number of benzene rings is 8. The zero-order valence-corrected chi connectivity index (χ0v) is 29.5. The summed E-state index contributed by atoms with van der Waals surface area (Å²) in [6.07, 6.45) is 0. The van der Waals surface area contributed by atoms with Crippen molar-refractivity contribution in [3.8, 4) is 16.9 Å². The lowest BCUT2D eigenvalue weighted by atomic mass is 10.0. The van der Waals surface area contributed by atoms with E-state index in [9.17, 15) is 0 Å². The molecule has 0 radical (unpaired) electrons. The van der Waals surface area contributed by atoms with Gasteiger partial charge in [0.1, 0.15) is 5.75 Å². The van der Waals surface area contributed by atoms with Gasteiger partial charge in [-0.2, -0.15) is 0 Å². The molecule has 0 heterocycles. The van der Waals surface area contributed by atoms with E-state index in [1.54, 1.807) is 7.11 Å². The fraction of sp³-hybridized carbons (Fsp3) is 0.0204. The lowest BCUT2D eigenvalue weighted by Crippen LogP contribution is -2.13. The van der Waals surface area contributed by atoms with Gasteiger partial charge in [0, 0.05) is 51.2 Å². The van der Waals surface area contributed by atoms with Crippen LogP contribution in [-0.4, -0.2) is 7.11 Å². The van der Waals surface area contributed by atoms with Crippen molar-refractivity contribution >= 4 is 51.2 Å². The molecule has 0 aliphatic rings. The van der Waals surface area contributed by atoms with Gasteiger partial charge < -0.3 is 19.4 Å². The summed E-state index contributed by atoms with van der Waals surface area (Å²) in [6, 6.07) is 76.6. The highest BCUT2D eigenvalue weighted by Crippen LogP contribution is 2.41. The number of hydrogen-bond donors (Lipinski definition) is 0. The topological polar surface area (TPSA) is 19.0 Å². The minimum atomic E-state index is 0.847. The quantitative estimate of drug-likeness (QED) is 0.135. The first-order valence-electron chi connectivity index (χ1n) is 17.8. The van der Waals surface area contributed by atoms with Crippen LogP contribution in [0.15, 0.2) is 218 Å². The molecule has 0 unspecified atom stereocenters. The maximum atomic E-state index is 5.39. The van der Waals surface area contributed by atoms with E-state index in [0.717, 1.165) is 68.1 Å². The first kappa shape index (κ1) is 33.1. The van der Waals surface area contributed by atoms with Crippen molar-refractivity contribution in [2.24, 2.45) is 0 Å². The van der Waals surface area contributed by atoms with Gasteiger partial charge in [-0.15, -0.1) is 0 Å². The third-order valence-corrected chi connectivity index (χ3v) is 9.34. The first-order chi connectivity index (χ1) is 26.2. The predicted octanol–water partition coefficient (Wildman–Crippen LogP) is 13.8. The van der Waals surface area contributed by atoms with Gasteiger partial charge >= 0.3 is 0 Å². The van der Waals surface area contributed by atoms with Crippen molar-refractivity contribution in [3.63, 3.8) is 0 Å². The molecule has 0 aliphatic carbocycles. The average molecular weight is 686 g/mol. The molecular weight excluding hydrogens is 647 g/mol. The minimum Gasteiger partial charge on any atom is -0.497 e. The molecule has 0 N–H and O–H groups in total. The monoisotopic (exact) mass is 685 g/mol.